The van der Waals surface area contributed by atoms with Crippen molar-refractivity contribution in [1.29, 1.82) is 0 Å². The Morgan fingerprint density at radius 2 is 1.77 bits per heavy atom. The number of anilines is 3. The first-order valence-corrected chi connectivity index (χ1v) is 13.9. The van der Waals surface area contributed by atoms with Crippen LogP contribution in [0.4, 0.5) is 17.5 Å². The van der Waals surface area contributed by atoms with Crippen LogP contribution in [0.3, 0.4) is 0 Å². The van der Waals surface area contributed by atoms with Gasteiger partial charge in [0.25, 0.3) is 5.56 Å². The largest absolute Gasteiger partial charge is 0.478 e. The lowest BCUT2D eigenvalue weighted by molar-refractivity contribution is -0.0221. The Labute approximate surface area is 223 Å². The van der Waals surface area contributed by atoms with Gasteiger partial charge in [-0.2, -0.15) is 9.29 Å². The SMILES string of the molecule is CN1CN([C@@H]2O[C@H](CO)[C@@H](O)[C@H]2O)c2nc(N)[nH]c(=O)c21.O=P(O)(O)OP(=O)(O)O.c1cnc2ncncc2n1. The molecule has 0 aromatic carbocycles. The standard InChI is InChI=1S/C11H17N5O5.C6H4N4.H4O7P2/c1-15-3-16(8-5(15)9(20)14-11(12)13-8)10-7(19)6(18)4(2-17)21-10;1-2-9-6-5(8-1)3-7-4-10-6;1-8(2,3)7-9(4,5)6/h4,6-7,10,17-19H,2-3H2,1H3,(H3,12,13,14,20);1-4H;(H2,1,2,3)(H2,4,5,6)/t4-,6-,7-,10-;;/m1../s1. The second-order valence-corrected chi connectivity index (χ2v) is 10.6. The Morgan fingerprint density at radius 3 is 2.33 bits per heavy atom. The average molecular weight is 609 g/mol. The Bertz CT molecular complexity index is 1380. The van der Waals surface area contributed by atoms with Crippen molar-refractivity contribution in [3.63, 3.8) is 0 Å². The first kappa shape index (κ1) is 31.3. The highest BCUT2D eigenvalue weighted by molar-refractivity contribution is 7.60. The van der Waals surface area contributed by atoms with Gasteiger partial charge in [-0.15, -0.1) is 0 Å². The number of H-pyrrole nitrogens is 1. The number of hydrogen-bond donors (Lipinski definition) is 9. The summed E-state index contributed by atoms with van der Waals surface area (Å²) in [5.74, 6) is 0.222. The van der Waals surface area contributed by atoms with Crippen molar-refractivity contribution >= 4 is 44.3 Å². The Kier molecular flexibility index (Phi) is 9.82. The van der Waals surface area contributed by atoms with E-state index < -0.39 is 52.4 Å². The van der Waals surface area contributed by atoms with Crippen LogP contribution >= 0.6 is 15.6 Å². The summed E-state index contributed by atoms with van der Waals surface area (Å²) < 4.78 is 27.7. The van der Waals surface area contributed by atoms with Gasteiger partial charge in [0.05, 0.1) is 19.5 Å². The molecule has 3 aromatic rings. The molecular weight excluding hydrogens is 584 g/mol. The summed E-state index contributed by atoms with van der Waals surface area (Å²) in [6.07, 6.45) is 2.05. The van der Waals surface area contributed by atoms with E-state index in [0.717, 1.165) is 5.52 Å². The van der Waals surface area contributed by atoms with Crippen LogP contribution in [0.2, 0.25) is 0 Å². The van der Waals surface area contributed by atoms with E-state index in [1.54, 1.807) is 30.5 Å². The molecule has 0 unspecified atom stereocenters. The van der Waals surface area contributed by atoms with Crippen molar-refractivity contribution in [2.24, 2.45) is 0 Å². The number of phosphoric acid groups is 2. The van der Waals surface area contributed by atoms with Crippen molar-refractivity contribution in [1.82, 2.24) is 29.9 Å². The minimum Gasteiger partial charge on any atom is -0.394 e. The quantitative estimate of drug-likeness (QED) is 0.130. The third-order valence-electron chi connectivity index (χ3n) is 5.10. The topological polar surface area (TPSA) is 324 Å². The molecule has 0 spiro atoms. The number of ether oxygens (including phenoxy) is 1. The van der Waals surface area contributed by atoms with E-state index in [-0.39, 0.29) is 18.4 Å². The predicted molar refractivity (Wildman–Crippen MR) is 133 cm³/mol. The second kappa shape index (κ2) is 12.5. The van der Waals surface area contributed by atoms with Crippen LogP contribution in [0.15, 0.2) is 29.7 Å². The molecular formula is C17H25N9O12P2. The van der Waals surface area contributed by atoms with Crippen LogP contribution in [-0.2, 0) is 18.2 Å². The van der Waals surface area contributed by atoms with Gasteiger partial charge in [0.1, 0.15) is 35.8 Å². The fraction of sp³-hybridized carbons (Fsp3) is 0.412. The summed E-state index contributed by atoms with van der Waals surface area (Å²) in [6.45, 7) is -0.183. The van der Waals surface area contributed by atoms with Gasteiger partial charge in [-0.3, -0.25) is 9.78 Å². The third-order valence-corrected chi connectivity index (χ3v) is 6.80. The lowest BCUT2D eigenvalue weighted by atomic mass is 10.1. The maximum Gasteiger partial charge on any atom is 0.478 e. The molecule has 5 heterocycles. The molecule has 0 bridgehead atoms. The zero-order valence-corrected chi connectivity index (χ0v) is 22.1. The molecule has 23 heteroatoms. The van der Waals surface area contributed by atoms with Gasteiger partial charge in [0.2, 0.25) is 5.95 Å². The van der Waals surface area contributed by atoms with Crippen molar-refractivity contribution < 1.29 is 53.1 Å². The van der Waals surface area contributed by atoms with Gasteiger partial charge >= 0.3 is 15.6 Å². The molecule has 4 atom stereocenters. The number of aromatic nitrogens is 6. The number of hydrogen-bond acceptors (Lipinski definition) is 16. The summed E-state index contributed by atoms with van der Waals surface area (Å²) in [4.78, 5) is 68.2. The van der Waals surface area contributed by atoms with E-state index in [1.807, 2.05) is 0 Å². The molecule has 1 saturated heterocycles. The highest BCUT2D eigenvalue weighted by Crippen LogP contribution is 2.53. The minimum absolute atomic E-state index is 0.0502. The van der Waals surface area contributed by atoms with Gasteiger partial charge in [-0.1, -0.05) is 0 Å². The Morgan fingerprint density at radius 1 is 1.12 bits per heavy atom. The molecule has 40 heavy (non-hydrogen) atoms. The summed E-state index contributed by atoms with van der Waals surface area (Å²) in [6, 6.07) is 0. The number of aromatic amines is 1. The van der Waals surface area contributed by atoms with Crippen LogP contribution in [-0.4, -0.2) is 110 Å². The maximum absolute atomic E-state index is 11.9. The molecule has 0 aliphatic carbocycles. The van der Waals surface area contributed by atoms with Gasteiger partial charge < -0.3 is 55.2 Å². The normalized spacial score (nSPS) is 22.3. The fourth-order valence-electron chi connectivity index (χ4n) is 3.58. The molecule has 2 aliphatic rings. The number of nitrogens with zero attached hydrogens (tertiary/aromatic N) is 7. The van der Waals surface area contributed by atoms with Gasteiger partial charge in [0.15, 0.2) is 17.7 Å². The number of aliphatic hydroxyl groups excluding tert-OH is 3. The second-order valence-electron chi connectivity index (χ2n) is 8.01. The summed E-state index contributed by atoms with van der Waals surface area (Å²) in [7, 11) is -8.41. The number of fused-ring (bicyclic) bond motifs is 2. The predicted octanol–water partition coefficient (Wildman–Crippen LogP) is -3.39. The van der Waals surface area contributed by atoms with Crippen LogP contribution in [0.1, 0.15) is 0 Å². The smallest absolute Gasteiger partial charge is 0.394 e. The van der Waals surface area contributed by atoms with Crippen molar-refractivity contribution in [2.45, 2.75) is 24.5 Å². The molecule has 220 valence electrons. The molecule has 0 radical (unpaired) electrons. The Hall–Kier alpha value is -3.20. The number of nitrogens with two attached hydrogens (primary N) is 1. The Balaban J connectivity index is 0.000000193. The zero-order chi connectivity index (χ0) is 29.8. The lowest BCUT2D eigenvalue weighted by Gasteiger charge is -2.27. The van der Waals surface area contributed by atoms with Crippen molar-refractivity contribution in [3.05, 3.63) is 35.3 Å². The zero-order valence-electron chi connectivity index (χ0n) is 20.3. The van der Waals surface area contributed by atoms with Gasteiger partial charge in [-0.25, -0.2) is 29.1 Å². The van der Waals surface area contributed by atoms with Crippen LogP contribution in [0, 0.1) is 0 Å². The molecule has 2 aliphatic heterocycles. The first-order valence-electron chi connectivity index (χ1n) is 10.8. The molecule has 5 rings (SSSR count). The van der Waals surface area contributed by atoms with E-state index in [9.17, 15) is 24.1 Å². The summed E-state index contributed by atoms with van der Waals surface area (Å²) in [5, 5.41) is 29.0. The van der Waals surface area contributed by atoms with Crippen LogP contribution in [0.25, 0.3) is 11.2 Å². The highest BCUT2D eigenvalue weighted by Gasteiger charge is 2.48. The lowest BCUT2D eigenvalue weighted by Crippen LogP contribution is -2.45. The summed E-state index contributed by atoms with van der Waals surface area (Å²) >= 11 is 0. The summed E-state index contributed by atoms with van der Waals surface area (Å²) in [5.41, 5.74) is 6.83. The third kappa shape index (κ3) is 7.93. The number of aliphatic hydroxyl groups is 3. The van der Waals surface area contributed by atoms with Crippen LogP contribution in [0.5, 0.6) is 0 Å². The van der Waals surface area contributed by atoms with Crippen LogP contribution < -0.4 is 21.1 Å². The molecule has 0 saturated carbocycles. The van der Waals surface area contributed by atoms with Gasteiger partial charge in [0, 0.05) is 19.4 Å². The van der Waals surface area contributed by atoms with E-state index in [1.165, 1.54) is 11.2 Å². The van der Waals surface area contributed by atoms with Crippen molar-refractivity contribution in [2.75, 3.05) is 35.9 Å². The average Bonchev–Trinajstić information content (AvgIpc) is 3.33. The molecule has 0 amide bonds. The van der Waals surface area contributed by atoms with E-state index >= 15 is 0 Å². The number of rotatable bonds is 4. The molecule has 3 aromatic heterocycles. The van der Waals surface area contributed by atoms with Crippen molar-refractivity contribution in [3.8, 4) is 0 Å². The maximum atomic E-state index is 11.9. The minimum atomic E-state index is -5.05. The monoisotopic (exact) mass is 609 g/mol. The molecule has 21 nitrogen and oxygen atoms in total. The number of nitrogen functional groups attached to an aromatic ring is 1. The van der Waals surface area contributed by atoms with Gasteiger partial charge in [-0.05, 0) is 0 Å². The van der Waals surface area contributed by atoms with E-state index in [0.29, 0.717) is 11.3 Å². The first-order chi connectivity index (χ1) is 18.6. The van der Waals surface area contributed by atoms with E-state index in [2.05, 4.69) is 34.2 Å². The molecule has 1 fully saturated rings. The number of nitrogens with one attached hydrogen (secondary N) is 1. The van der Waals surface area contributed by atoms with E-state index in [4.69, 9.17) is 35.2 Å². The fourth-order valence-corrected chi connectivity index (χ4v) is 4.69. The highest BCUT2D eigenvalue weighted by atomic mass is 31.3. The molecule has 10 N–H and O–H groups in total.